The summed E-state index contributed by atoms with van der Waals surface area (Å²) < 4.78 is 0. The Bertz CT molecular complexity index is 774. The number of hydrogen-bond acceptors (Lipinski definition) is 4. The highest BCUT2D eigenvalue weighted by atomic mass is 16.2. The number of carbonyl (C=O) groups excluding carboxylic acids is 2. The molecule has 0 aliphatic carbocycles. The average molecular weight is 350 g/mol. The Hall–Kier alpha value is -2.75. The molecular formula is C22H26N2O2. The maximum Gasteiger partial charge on any atom is 0.215 e. The predicted molar refractivity (Wildman–Crippen MR) is 108 cm³/mol. The van der Waals surface area contributed by atoms with Crippen molar-refractivity contribution in [2.75, 3.05) is 18.0 Å². The van der Waals surface area contributed by atoms with Crippen LogP contribution in [0.3, 0.4) is 0 Å². The lowest BCUT2D eigenvalue weighted by Gasteiger charge is -2.20. The van der Waals surface area contributed by atoms with Crippen LogP contribution in [0, 0.1) is 5.92 Å². The first-order valence-electron chi connectivity index (χ1n) is 9.05. The molecule has 0 saturated carbocycles. The Labute approximate surface area is 155 Å². The number of benzene rings is 2. The van der Waals surface area contributed by atoms with Gasteiger partial charge in [-0.1, -0.05) is 44.2 Å². The van der Waals surface area contributed by atoms with E-state index in [9.17, 15) is 9.59 Å². The third-order valence-corrected chi connectivity index (χ3v) is 4.23. The van der Waals surface area contributed by atoms with Crippen molar-refractivity contribution in [1.29, 1.82) is 0 Å². The van der Waals surface area contributed by atoms with Crippen LogP contribution in [-0.4, -0.2) is 30.4 Å². The minimum absolute atomic E-state index is 0.0122. The van der Waals surface area contributed by atoms with Crippen molar-refractivity contribution in [3.05, 3.63) is 60.2 Å². The van der Waals surface area contributed by atoms with Crippen molar-refractivity contribution in [3.63, 3.8) is 0 Å². The molecular weight excluding hydrogens is 324 g/mol. The van der Waals surface area contributed by atoms with Crippen molar-refractivity contribution in [2.45, 2.75) is 27.7 Å². The van der Waals surface area contributed by atoms with Crippen LogP contribution in [-0.2, 0) is 4.79 Å². The summed E-state index contributed by atoms with van der Waals surface area (Å²) in [5.74, 6) is -0.875. The first-order chi connectivity index (χ1) is 12.5. The molecule has 2 aromatic carbocycles. The number of Topliss-reactive ketones (excluding diaryl/α,β-unsaturated/α-hetero) is 2. The van der Waals surface area contributed by atoms with E-state index in [0.29, 0.717) is 11.3 Å². The lowest BCUT2D eigenvalue weighted by molar-refractivity contribution is -0.115. The smallest absolute Gasteiger partial charge is 0.215 e. The first-order valence-corrected chi connectivity index (χ1v) is 9.05. The number of nitrogens with zero attached hydrogens (tertiary/aromatic N) is 2. The molecule has 4 nitrogen and oxygen atoms in total. The third kappa shape index (κ3) is 4.66. The van der Waals surface area contributed by atoms with Gasteiger partial charge in [-0.25, -0.2) is 4.99 Å². The average Bonchev–Trinajstić information content (AvgIpc) is 2.67. The Kier molecular flexibility index (Phi) is 6.84. The summed E-state index contributed by atoms with van der Waals surface area (Å²) in [7, 11) is 0. The van der Waals surface area contributed by atoms with Gasteiger partial charge in [-0.15, -0.1) is 0 Å². The molecule has 2 aromatic rings. The molecule has 0 N–H and O–H groups in total. The van der Waals surface area contributed by atoms with Crippen LogP contribution in [0.25, 0.3) is 0 Å². The van der Waals surface area contributed by atoms with E-state index < -0.39 is 0 Å². The topological polar surface area (TPSA) is 49.7 Å². The fraction of sp³-hybridized carbons (Fsp3) is 0.318. The highest BCUT2D eigenvalue weighted by Crippen LogP contribution is 2.21. The summed E-state index contributed by atoms with van der Waals surface area (Å²) in [5.41, 5.74) is 2.16. The molecule has 0 bridgehead atoms. The molecule has 0 spiro atoms. The molecule has 136 valence electrons. The van der Waals surface area contributed by atoms with E-state index in [2.05, 4.69) is 23.7 Å². The van der Waals surface area contributed by atoms with Crippen molar-refractivity contribution < 1.29 is 9.59 Å². The van der Waals surface area contributed by atoms with E-state index in [-0.39, 0.29) is 23.2 Å². The second-order valence-corrected chi connectivity index (χ2v) is 6.36. The van der Waals surface area contributed by atoms with Crippen molar-refractivity contribution in [2.24, 2.45) is 10.9 Å². The van der Waals surface area contributed by atoms with Crippen molar-refractivity contribution >= 4 is 28.7 Å². The molecule has 0 heterocycles. The second-order valence-electron chi connectivity index (χ2n) is 6.36. The third-order valence-electron chi connectivity index (χ3n) is 4.23. The number of hydrogen-bond donors (Lipinski definition) is 0. The van der Waals surface area contributed by atoms with E-state index in [1.54, 1.807) is 38.1 Å². The summed E-state index contributed by atoms with van der Waals surface area (Å²) in [6, 6.07) is 16.4. The fourth-order valence-corrected chi connectivity index (χ4v) is 2.67. The van der Waals surface area contributed by atoms with Crippen LogP contribution < -0.4 is 4.90 Å². The zero-order valence-electron chi connectivity index (χ0n) is 15.9. The zero-order valence-corrected chi connectivity index (χ0v) is 15.9. The van der Waals surface area contributed by atoms with Crippen molar-refractivity contribution in [1.82, 2.24) is 0 Å². The molecule has 0 unspecified atom stereocenters. The lowest BCUT2D eigenvalue weighted by Crippen LogP contribution is -2.28. The summed E-state index contributed by atoms with van der Waals surface area (Å²) in [5, 5.41) is 0. The number of rotatable bonds is 8. The summed E-state index contributed by atoms with van der Waals surface area (Å²) in [6.45, 7) is 9.60. The monoisotopic (exact) mass is 350 g/mol. The molecule has 0 fully saturated rings. The van der Waals surface area contributed by atoms with E-state index in [0.717, 1.165) is 18.8 Å². The second kappa shape index (κ2) is 9.09. The van der Waals surface area contributed by atoms with Gasteiger partial charge in [-0.3, -0.25) is 9.59 Å². The standard InChI is InChI=1S/C22H26N2O2/c1-5-24(6-2)19-14-12-18(13-15-19)23-20(21(25)16(3)4)22(26)17-10-8-7-9-11-17/h7-16H,5-6H2,1-4H3. The molecule has 0 atom stereocenters. The molecule has 0 aliphatic rings. The molecule has 2 rings (SSSR count). The first kappa shape index (κ1) is 19.6. The van der Waals surface area contributed by atoms with Gasteiger partial charge in [0.25, 0.3) is 0 Å². The Morgan fingerprint density at radius 2 is 1.50 bits per heavy atom. The highest BCUT2D eigenvalue weighted by molar-refractivity contribution is 6.69. The molecule has 0 radical (unpaired) electrons. The summed E-state index contributed by atoms with van der Waals surface area (Å²) in [6.07, 6.45) is 0. The van der Waals surface area contributed by atoms with E-state index in [1.165, 1.54) is 0 Å². The molecule has 0 amide bonds. The van der Waals surface area contributed by atoms with Gasteiger partial charge < -0.3 is 4.90 Å². The quantitative estimate of drug-likeness (QED) is 0.393. The van der Waals surface area contributed by atoms with Gasteiger partial charge in [0.1, 0.15) is 0 Å². The van der Waals surface area contributed by atoms with Gasteiger partial charge in [0.2, 0.25) is 5.78 Å². The van der Waals surface area contributed by atoms with Crippen LogP contribution in [0.5, 0.6) is 0 Å². The van der Waals surface area contributed by atoms with Gasteiger partial charge in [-0.05, 0) is 38.1 Å². The molecule has 0 aromatic heterocycles. The number of carbonyl (C=O) groups is 2. The lowest BCUT2D eigenvalue weighted by atomic mass is 9.97. The van der Waals surface area contributed by atoms with Gasteiger partial charge >= 0.3 is 0 Å². The molecule has 26 heavy (non-hydrogen) atoms. The van der Waals surface area contributed by atoms with Crippen molar-refractivity contribution in [3.8, 4) is 0 Å². The molecule has 0 aliphatic heterocycles. The fourth-order valence-electron chi connectivity index (χ4n) is 2.67. The van der Waals surface area contributed by atoms with Gasteiger partial charge in [0.05, 0.1) is 5.69 Å². The SMILES string of the molecule is CCN(CC)c1ccc(N=C(C(=O)c2ccccc2)C(=O)C(C)C)cc1. The minimum Gasteiger partial charge on any atom is -0.372 e. The number of anilines is 1. The van der Waals surface area contributed by atoms with Gasteiger partial charge in [0, 0.05) is 30.3 Å². The van der Waals surface area contributed by atoms with Crippen LogP contribution in [0.1, 0.15) is 38.1 Å². The van der Waals surface area contributed by atoms with E-state index in [1.807, 2.05) is 30.3 Å². The minimum atomic E-state index is -0.336. The van der Waals surface area contributed by atoms with Crippen LogP contribution >= 0.6 is 0 Å². The van der Waals surface area contributed by atoms with E-state index in [4.69, 9.17) is 0 Å². The zero-order chi connectivity index (χ0) is 19.1. The Balaban J connectivity index is 2.39. The highest BCUT2D eigenvalue weighted by Gasteiger charge is 2.24. The van der Waals surface area contributed by atoms with Gasteiger partial charge in [0.15, 0.2) is 11.5 Å². The number of ketones is 2. The largest absolute Gasteiger partial charge is 0.372 e. The maximum atomic E-state index is 12.8. The number of aliphatic imine (C=N–C) groups is 1. The normalized spacial score (nSPS) is 11.5. The van der Waals surface area contributed by atoms with Crippen LogP contribution in [0.4, 0.5) is 11.4 Å². The van der Waals surface area contributed by atoms with E-state index >= 15 is 0 Å². The molecule has 0 saturated heterocycles. The van der Waals surface area contributed by atoms with Crippen LogP contribution in [0.2, 0.25) is 0 Å². The van der Waals surface area contributed by atoms with Gasteiger partial charge in [-0.2, -0.15) is 0 Å². The summed E-state index contributed by atoms with van der Waals surface area (Å²) in [4.78, 5) is 32.0. The maximum absolute atomic E-state index is 12.8. The molecule has 4 heteroatoms. The predicted octanol–water partition coefficient (Wildman–Crippen LogP) is 4.71. The Morgan fingerprint density at radius 1 is 0.923 bits per heavy atom. The summed E-state index contributed by atoms with van der Waals surface area (Å²) >= 11 is 0. The van der Waals surface area contributed by atoms with Crippen LogP contribution in [0.15, 0.2) is 59.6 Å². The Morgan fingerprint density at radius 3 is 2.00 bits per heavy atom.